The summed E-state index contributed by atoms with van der Waals surface area (Å²) in [5, 5.41) is 0. The smallest absolute Gasteiger partial charge is 0.128 e. The molecule has 0 bridgehead atoms. The van der Waals surface area contributed by atoms with Crippen LogP contribution in [0.5, 0.6) is 5.75 Å². The van der Waals surface area contributed by atoms with Gasteiger partial charge in [-0.2, -0.15) is 0 Å². The van der Waals surface area contributed by atoms with Gasteiger partial charge in [0.1, 0.15) is 11.6 Å². The number of nitrogens with zero attached hydrogens (tertiary/aromatic N) is 3. The Morgan fingerprint density at radius 2 is 1.92 bits per heavy atom. The number of likely N-dealkylation sites (tertiary alicyclic amines) is 1. The van der Waals surface area contributed by atoms with Crippen molar-refractivity contribution in [3.05, 3.63) is 52.1 Å². The van der Waals surface area contributed by atoms with Gasteiger partial charge in [0.15, 0.2) is 0 Å². The summed E-state index contributed by atoms with van der Waals surface area (Å²) >= 11 is 3.47. The van der Waals surface area contributed by atoms with Crippen molar-refractivity contribution in [3.8, 4) is 5.75 Å². The highest BCUT2D eigenvalue weighted by molar-refractivity contribution is 9.10. The molecule has 0 amide bonds. The van der Waals surface area contributed by atoms with Crippen molar-refractivity contribution < 1.29 is 4.74 Å². The van der Waals surface area contributed by atoms with Crippen LogP contribution in [0.1, 0.15) is 11.1 Å². The van der Waals surface area contributed by atoms with E-state index in [2.05, 4.69) is 61.0 Å². The second kappa shape index (κ2) is 6.86. The van der Waals surface area contributed by atoms with Gasteiger partial charge < -0.3 is 14.5 Å². The second-order valence-corrected chi connectivity index (χ2v) is 8.73. The first kappa shape index (κ1) is 16.6. The van der Waals surface area contributed by atoms with E-state index in [0.717, 1.165) is 60.4 Å². The van der Waals surface area contributed by atoms with Gasteiger partial charge in [-0.05, 0) is 63.5 Å². The average Bonchev–Trinajstić information content (AvgIpc) is 3.34. The first-order valence-corrected chi connectivity index (χ1v) is 10.4. The zero-order valence-corrected chi connectivity index (χ0v) is 16.5. The lowest BCUT2D eigenvalue weighted by Gasteiger charge is -2.22. The Morgan fingerprint density at radius 1 is 1.08 bits per heavy atom. The molecule has 0 N–H and O–H groups in total. The van der Waals surface area contributed by atoms with Gasteiger partial charge in [0.2, 0.25) is 0 Å². The number of hydrogen-bond donors (Lipinski definition) is 0. The van der Waals surface area contributed by atoms with Crippen LogP contribution in [0.3, 0.4) is 0 Å². The predicted molar refractivity (Wildman–Crippen MR) is 107 cm³/mol. The van der Waals surface area contributed by atoms with E-state index in [1.807, 2.05) is 6.20 Å². The normalized spacial score (nSPS) is 24.6. The number of pyridine rings is 1. The minimum Gasteiger partial charge on any atom is -0.493 e. The van der Waals surface area contributed by atoms with Crippen LogP contribution in [0.2, 0.25) is 0 Å². The zero-order chi connectivity index (χ0) is 17.5. The number of anilines is 1. The van der Waals surface area contributed by atoms with E-state index in [4.69, 9.17) is 4.74 Å². The molecule has 0 aliphatic carbocycles. The predicted octanol–water partition coefficient (Wildman–Crippen LogP) is 3.39. The molecule has 1 aromatic heterocycles. The Labute approximate surface area is 163 Å². The van der Waals surface area contributed by atoms with Gasteiger partial charge >= 0.3 is 0 Å². The molecular weight excluding hydrogens is 390 g/mol. The van der Waals surface area contributed by atoms with E-state index in [0.29, 0.717) is 0 Å². The largest absolute Gasteiger partial charge is 0.493 e. The number of aromatic nitrogens is 1. The number of hydrogen-bond acceptors (Lipinski definition) is 4. The number of benzene rings is 1. The molecule has 136 valence electrons. The fourth-order valence-corrected chi connectivity index (χ4v) is 4.93. The topological polar surface area (TPSA) is 28.6 Å². The third-order valence-electron chi connectivity index (χ3n) is 6.07. The minimum atomic E-state index is 0.786. The molecule has 0 saturated carbocycles. The molecular formula is C21H24BrN3O. The number of rotatable bonds is 4. The molecule has 5 rings (SSSR count). The van der Waals surface area contributed by atoms with Crippen LogP contribution in [-0.2, 0) is 12.8 Å². The summed E-state index contributed by atoms with van der Waals surface area (Å²) < 4.78 is 6.66. The molecule has 2 saturated heterocycles. The van der Waals surface area contributed by atoms with Gasteiger partial charge in [0, 0.05) is 49.8 Å². The van der Waals surface area contributed by atoms with Crippen LogP contribution in [0.4, 0.5) is 5.82 Å². The molecule has 3 aliphatic heterocycles. The maximum absolute atomic E-state index is 5.61. The molecule has 1 aromatic carbocycles. The van der Waals surface area contributed by atoms with Crippen molar-refractivity contribution in [1.82, 2.24) is 9.88 Å². The third kappa shape index (κ3) is 3.23. The van der Waals surface area contributed by atoms with Crippen molar-refractivity contribution in [3.63, 3.8) is 0 Å². The standard InChI is InChI=1S/C21H24BrN3O/c22-19-2-4-21(23-10-19)25-13-17-11-24(12-18(17)14-25)7-5-15-1-3-20-16(9-15)6-8-26-20/h1-4,9-10,17-18H,5-8,11-14H2. The van der Waals surface area contributed by atoms with E-state index in [1.165, 1.54) is 30.8 Å². The van der Waals surface area contributed by atoms with Gasteiger partial charge in [-0.25, -0.2) is 4.98 Å². The molecule has 2 atom stereocenters. The van der Waals surface area contributed by atoms with Crippen LogP contribution >= 0.6 is 15.9 Å². The summed E-state index contributed by atoms with van der Waals surface area (Å²) in [5.74, 6) is 3.78. The lowest BCUT2D eigenvalue weighted by molar-refractivity contribution is 0.320. The molecule has 3 aliphatic rings. The van der Waals surface area contributed by atoms with E-state index in [-0.39, 0.29) is 0 Å². The SMILES string of the molecule is Brc1ccc(N2CC3CN(CCc4ccc5c(c4)CCO5)CC3C2)nc1. The van der Waals surface area contributed by atoms with Gasteiger partial charge in [0.05, 0.1) is 6.61 Å². The van der Waals surface area contributed by atoms with Crippen molar-refractivity contribution in [2.24, 2.45) is 11.8 Å². The summed E-state index contributed by atoms with van der Waals surface area (Å²) in [6, 6.07) is 11.0. The van der Waals surface area contributed by atoms with Crippen LogP contribution in [-0.4, -0.2) is 49.2 Å². The quantitative estimate of drug-likeness (QED) is 0.767. The summed E-state index contributed by atoms with van der Waals surface area (Å²) in [7, 11) is 0. The first-order valence-electron chi connectivity index (χ1n) is 9.58. The number of ether oxygens (including phenoxy) is 1. The van der Waals surface area contributed by atoms with E-state index >= 15 is 0 Å². The second-order valence-electron chi connectivity index (χ2n) is 7.81. The van der Waals surface area contributed by atoms with Crippen LogP contribution in [0, 0.1) is 11.8 Å². The summed E-state index contributed by atoms with van der Waals surface area (Å²) in [6.45, 7) is 6.76. The molecule has 4 nitrogen and oxygen atoms in total. The van der Waals surface area contributed by atoms with Gasteiger partial charge in [-0.15, -0.1) is 0 Å². The molecule has 5 heteroatoms. The lowest BCUT2D eigenvalue weighted by Crippen LogP contribution is -2.30. The van der Waals surface area contributed by atoms with Gasteiger partial charge in [0.25, 0.3) is 0 Å². The van der Waals surface area contributed by atoms with Gasteiger partial charge in [-0.1, -0.05) is 12.1 Å². The van der Waals surface area contributed by atoms with Crippen LogP contribution in [0.25, 0.3) is 0 Å². The maximum atomic E-state index is 5.61. The molecule has 4 heterocycles. The summed E-state index contributed by atoms with van der Waals surface area (Å²) in [5.41, 5.74) is 2.84. The van der Waals surface area contributed by atoms with Crippen molar-refractivity contribution in [2.45, 2.75) is 12.8 Å². The van der Waals surface area contributed by atoms with Crippen molar-refractivity contribution in [1.29, 1.82) is 0 Å². The van der Waals surface area contributed by atoms with Crippen molar-refractivity contribution in [2.75, 3.05) is 44.2 Å². The van der Waals surface area contributed by atoms with Crippen LogP contribution in [0.15, 0.2) is 41.0 Å². The highest BCUT2D eigenvalue weighted by Crippen LogP contribution is 2.33. The monoisotopic (exact) mass is 413 g/mol. The minimum absolute atomic E-state index is 0.786. The number of halogens is 1. The van der Waals surface area contributed by atoms with Gasteiger partial charge in [-0.3, -0.25) is 0 Å². The third-order valence-corrected chi connectivity index (χ3v) is 6.54. The van der Waals surface area contributed by atoms with Crippen LogP contribution < -0.4 is 9.64 Å². The molecule has 26 heavy (non-hydrogen) atoms. The Morgan fingerprint density at radius 3 is 2.69 bits per heavy atom. The molecule has 2 aromatic rings. The fraction of sp³-hybridized carbons (Fsp3) is 0.476. The number of fused-ring (bicyclic) bond motifs is 2. The summed E-state index contributed by atoms with van der Waals surface area (Å²) in [6.07, 6.45) is 4.11. The van der Waals surface area contributed by atoms with E-state index < -0.39 is 0 Å². The summed E-state index contributed by atoms with van der Waals surface area (Å²) in [4.78, 5) is 9.68. The molecule has 2 unspecified atom stereocenters. The Bertz CT molecular complexity index is 780. The van der Waals surface area contributed by atoms with E-state index in [9.17, 15) is 0 Å². The maximum Gasteiger partial charge on any atom is 0.128 e. The first-order chi connectivity index (χ1) is 12.7. The fourth-order valence-electron chi connectivity index (χ4n) is 4.70. The molecule has 2 fully saturated rings. The zero-order valence-electron chi connectivity index (χ0n) is 14.9. The average molecular weight is 414 g/mol. The molecule has 0 spiro atoms. The Hall–Kier alpha value is -1.59. The lowest BCUT2D eigenvalue weighted by atomic mass is 10.0. The molecule has 0 radical (unpaired) electrons. The highest BCUT2D eigenvalue weighted by atomic mass is 79.9. The van der Waals surface area contributed by atoms with E-state index in [1.54, 1.807) is 0 Å². The Kier molecular flexibility index (Phi) is 4.37. The highest BCUT2D eigenvalue weighted by Gasteiger charge is 2.40. The van der Waals surface area contributed by atoms with Crippen molar-refractivity contribution >= 4 is 21.7 Å². The Balaban J connectivity index is 1.15.